The van der Waals surface area contributed by atoms with Crippen LogP contribution in [0.1, 0.15) is 26.3 Å². The largest absolute Gasteiger partial charge is 0.456 e. The molecule has 2 aliphatic heterocycles. The second-order valence-corrected chi connectivity index (χ2v) is 10.9. The number of β-lactam (4-membered cyclic amide) rings is 1. The number of carbonyl (C=O) groups excluding carboxylic acids is 3. The Morgan fingerprint density at radius 3 is 2.71 bits per heavy atom. The fourth-order valence-electron chi connectivity index (χ4n) is 3.16. The summed E-state index contributed by atoms with van der Waals surface area (Å²) in [6.45, 7) is 5.11. The highest BCUT2D eigenvalue weighted by molar-refractivity contribution is 8.06. The minimum absolute atomic E-state index is 0.132. The molecule has 2 unspecified atom stereocenters. The molecule has 2 aliphatic rings. The summed E-state index contributed by atoms with van der Waals surface area (Å²) in [6, 6.07) is 6.15. The molecule has 3 heterocycles. The second-order valence-electron chi connectivity index (χ2n) is 8.72. The first-order valence-electron chi connectivity index (χ1n) is 10.4. The summed E-state index contributed by atoms with van der Waals surface area (Å²) >= 11 is 2.66. The number of thioether (sulfide) groups is 2. The number of para-hydroxylation sites is 1. The van der Waals surface area contributed by atoms with E-state index in [2.05, 4.69) is 15.5 Å². The lowest BCUT2D eigenvalue weighted by Crippen LogP contribution is -2.68. The summed E-state index contributed by atoms with van der Waals surface area (Å²) in [4.78, 5) is 40.0. The molecule has 34 heavy (non-hydrogen) atoms. The van der Waals surface area contributed by atoms with Crippen molar-refractivity contribution in [3.63, 3.8) is 0 Å². The van der Waals surface area contributed by atoms with E-state index >= 15 is 0 Å². The molecule has 1 saturated heterocycles. The van der Waals surface area contributed by atoms with Crippen LogP contribution in [0.5, 0.6) is 5.75 Å². The van der Waals surface area contributed by atoms with Crippen molar-refractivity contribution in [2.45, 2.75) is 44.0 Å². The monoisotopic (exact) mass is 504 g/mol. The van der Waals surface area contributed by atoms with Gasteiger partial charge in [0.2, 0.25) is 11.1 Å². The number of hydrogen-bond acceptors (Lipinski definition) is 11. The number of benzene rings is 1. The first-order chi connectivity index (χ1) is 16.1. The number of aromatic nitrogens is 4. The number of hydrogen-bond donors (Lipinski definition) is 1. The van der Waals surface area contributed by atoms with Crippen molar-refractivity contribution in [1.82, 2.24) is 25.1 Å². The lowest BCUT2D eigenvalue weighted by molar-refractivity contribution is -0.151. The van der Waals surface area contributed by atoms with E-state index in [9.17, 15) is 14.4 Å². The van der Waals surface area contributed by atoms with E-state index in [1.165, 1.54) is 33.1 Å². The molecule has 1 amide bonds. The van der Waals surface area contributed by atoms with Gasteiger partial charge >= 0.3 is 11.9 Å². The maximum atomic E-state index is 13.2. The molecule has 0 aliphatic carbocycles. The van der Waals surface area contributed by atoms with Crippen LogP contribution in [0.2, 0.25) is 0 Å². The molecule has 0 saturated carbocycles. The summed E-state index contributed by atoms with van der Waals surface area (Å²) in [6.07, 6.45) is 0. The molecule has 11 nitrogen and oxygen atoms in total. The lowest BCUT2D eigenvalue weighted by Gasteiger charge is -2.48. The van der Waals surface area contributed by atoms with Crippen LogP contribution in [-0.2, 0) is 32.8 Å². The Hall–Kier alpha value is -2.90. The number of ether oxygens (including phenoxy) is 2. The van der Waals surface area contributed by atoms with Crippen molar-refractivity contribution in [2.75, 3.05) is 5.75 Å². The zero-order valence-electron chi connectivity index (χ0n) is 19.0. The van der Waals surface area contributed by atoms with Gasteiger partial charge in [0.05, 0.1) is 5.41 Å². The molecule has 0 radical (unpaired) electrons. The van der Waals surface area contributed by atoms with Crippen molar-refractivity contribution in [1.29, 1.82) is 0 Å². The quantitative estimate of drug-likeness (QED) is 0.347. The topological polar surface area (TPSA) is 143 Å². The van der Waals surface area contributed by atoms with Gasteiger partial charge in [-0.15, -0.1) is 16.9 Å². The Balaban J connectivity index is 1.56. The van der Waals surface area contributed by atoms with Crippen LogP contribution >= 0.6 is 23.5 Å². The molecule has 1 aromatic heterocycles. The Kier molecular flexibility index (Phi) is 6.69. The molecule has 1 aromatic carbocycles. The molecular formula is C21H24N6O5S2. The smallest absolute Gasteiger partial charge is 0.356 e. The number of rotatable bonds is 6. The van der Waals surface area contributed by atoms with E-state index in [0.717, 1.165) is 0 Å². The zero-order valence-corrected chi connectivity index (χ0v) is 20.7. The van der Waals surface area contributed by atoms with Gasteiger partial charge in [0.1, 0.15) is 29.5 Å². The highest BCUT2D eigenvalue weighted by Gasteiger charge is 2.52. The summed E-state index contributed by atoms with van der Waals surface area (Å²) in [5.74, 6) is -0.678. The van der Waals surface area contributed by atoms with Gasteiger partial charge in [0.25, 0.3) is 0 Å². The van der Waals surface area contributed by atoms with Crippen LogP contribution in [0, 0.1) is 5.41 Å². The molecule has 180 valence electrons. The second kappa shape index (κ2) is 9.39. The van der Waals surface area contributed by atoms with Gasteiger partial charge in [-0.25, -0.2) is 9.48 Å². The van der Waals surface area contributed by atoms with Gasteiger partial charge in [-0.2, -0.15) is 0 Å². The predicted octanol–water partition coefficient (Wildman–Crippen LogP) is 1.45. The maximum absolute atomic E-state index is 13.2. The number of amides is 1. The third-order valence-electron chi connectivity index (χ3n) is 5.11. The zero-order chi connectivity index (χ0) is 24.6. The third kappa shape index (κ3) is 4.68. The van der Waals surface area contributed by atoms with Crippen molar-refractivity contribution in [2.24, 2.45) is 18.2 Å². The van der Waals surface area contributed by atoms with Crippen LogP contribution in [-0.4, -0.2) is 60.1 Å². The summed E-state index contributed by atoms with van der Waals surface area (Å²) in [7, 11) is 1.68. The molecule has 2 N–H and O–H groups in total. The van der Waals surface area contributed by atoms with Gasteiger partial charge in [-0.1, -0.05) is 18.2 Å². The van der Waals surface area contributed by atoms with E-state index in [-0.39, 0.29) is 23.6 Å². The van der Waals surface area contributed by atoms with Crippen molar-refractivity contribution < 1.29 is 23.9 Å². The third-order valence-corrected chi connectivity index (χ3v) is 7.71. The van der Waals surface area contributed by atoms with E-state index in [1.807, 2.05) is 0 Å². The van der Waals surface area contributed by atoms with Crippen LogP contribution < -0.4 is 10.5 Å². The van der Waals surface area contributed by atoms with Crippen molar-refractivity contribution in [3.8, 4) is 5.75 Å². The first kappa shape index (κ1) is 24.2. The van der Waals surface area contributed by atoms with E-state index in [4.69, 9.17) is 15.2 Å². The van der Waals surface area contributed by atoms with Gasteiger partial charge in [0, 0.05) is 23.3 Å². The van der Waals surface area contributed by atoms with Crippen LogP contribution in [0.25, 0.3) is 0 Å². The molecule has 1 fully saturated rings. The normalized spacial score (nSPS) is 20.0. The molecule has 4 rings (SSSR count). The van der Waals surface area contributed by atoms with E-state index in [1.54, 1.807) is 52.1 Å². The SMILES string of the molecule is Cn1nnnc1SC1=C(C(=O)OCc2ccccc2OC(=O)C(C)(C)C)N2C(=O)C(N)C2SC1. The van der Waals surface area contributed by atoms with Gasteiger partial charge < -0.3 is 15.2 Å². The molecule has 2 atom stereocenters. The minimum Gasteiger partial charge on any atom is -0.456 e. The minimum atomic E-state index is -0.694. The average Bonchev–Trinajstić information content (AvgIpc) is 3.21. The summed E-state index contributed by atoms with van der Waals surface area (Å²) < 4.78 is 12.6. The Bertz CT molecular complexity index is 1170. The number of tetrazole rings is 1. The number of nitrogens with zero attached hydrogens (tertiary/aromatic N) is 5. The number of fused-ring (bicyclic) bond motifs is 1. The van der Waals surface area contributed by atoms with Crippen molar-refractivity contribution >= 4 is 41.4 Å². The standard InChI is InChI=1S/C21H24N6O5S2/c1-21(2,3)19(30)32-12-8-6-5-7-11(12)9-31-18(29)15-13(34-20-23-24-25-26(20)4)10-33-17-14(22)16(28)27(15)17/h5-8,14,17H,9-10,22H2,1-4H3. The highest BCUT2D eigenvalue weighted by atomic mass is 32.2. The van der Waals surface area contributed by atoms with Crippen LogP contribution in [0.3, 0.4) is 0 Å². The van der Waals surface area contributed by atoms with Gasteiger partial charge in [-0.3, -0.25) is 14.5 Å². The molecule has 0 spiro atoms. The van der Waals surface area contributed by atoms with Crippen LogP contribution in [0.4, 0.5) is 0 Å². The molecule has 2 aromatic rings. The number of esters is 2. The van der Waals surface area contributed by atoms with Crippen LogP contribution in [0.15, 0.2) is 40.0 Å². The average molecular weight is 505 g/mol. The predicted molar refractivity (Wildman–Crippen MR) is 124 cm³/mol. The van der Waals surface area contributed by atoms with Gasteiger partial charge in [0.15, 0.2) is 0 Å². The summed E-state index contributed by atoms with van der Waals surface area (Å²) in [5, 5.41) is 11.5. The maximum Gasteiger partial charge on any atom is 0.356 e. The fraction of sp³-hybridized carbons (Fsp3) is 0.429. The van der Waals surface area contributed by atoms with Gasteiger partial charge in [-0.05, 0) is 49.0 Å². The van der Waals surface area contributed by atoms with Crippen molar-refractivity contribution in [3.05, 3.63) is 40.4 Å². The Labute approximate surface area is 204 Å². The Morgan fingerprint density at radius 1 is 1.29 bits per heavy atom. The Morgan fingerprint density at radius 2 is 2.03 bits per heavy atom. The fourth-order valence-corrected chi connectivity index (χ4v) is 5.49. The highest BCUT2D eigenvalue weighted by Crippen LogP contribution is 2.44. The molecule has 0 bridgehead atoms. The lowest BCUT2D eigenvalue weighted by atomic mass is 9.97. The summed E-state index contributed by atoms with van der Waals surface area (Å²) in [5.41, 5.74) is 5.89. The number of aryl methyl sites for hydroxylation is 1. The van der Waals surface area contributed by atoms with E-state index < -0.39 is 23.4 Å². The van der Waals surface area contributed by atoms with E-state index in [0.29, 0.717) is 27.1 Å². The number of nitrogens with two attached hydrogens (primary N) is 1. The molecule has 13 heteroatoms. The number of carbonyl (C=O) groups is 3. The molecular weight excluding hydrogens is 480 g/mol. The first-order valence-corrected chi connectivity index (χ1v) is 12.3.